The third kappa shape index (κ3) is 3.07. The van der Waals surface area contributed by atoms with Crippen molar-refractivity contribution in [3.05, 3.63) is 42.1 Å². The van der Waals surface area contributed by atoms with Crippen molar-refractivity contribution < 1.29 is 14.6 Å². The number of pyridine rings is 1. The summed E-state index contributed by atoms with van der Waals surface area (Å²) in [6, 6.07) is 9.02. The molecule has 0 aliphatic heterocycles. The highest BCUT2D eigenvalue weighted by Crippen LogP contribution is 2.29. The molecule has 5 nitrogen and oxygen atoms in total. The Kier molecular flexibility index (Phi) is 4.07. The highest BCUT2D eigenvalue weighted by molar-refractivity contribution is 5.48. The molecule has 0 saturated heterocycles. The first kappa shape index (κ1) is 13.0. The monoisotopic (exact) mass is 260 g/mol. The summed E-state index contributed by atoms with van der Waals surface area (Å²) in [6.07, 6.45) is 1.68. The number of benzene rings is 1. The highest BCUT2D eigenvalue weighted by atomic mass is 16.5. The van der Waals surface area contributed by atoms with Crippen LogP contribution in [0.25, 0.3) is 0 Å². The van der Waals surface area contributed by atoms with E-state index in [1.54, 1.807) is 25.4 Å². The molecule has 0 unspecified atom stereocenters. The Bertz CT molecular complexity index is 541. The summed E-state index contributed by atoms with van der Waals surface area (Å²) < 4.78 is 10.0. The normalized spacial score (nSPS) is 10.0. The van der Waals surface area contributed by atoms with Crippen LogP contribution in [-0.4, -0.2) is 24.3 Å². The Hall–Kier alpha value is -2.43. The molecule has 0 atom stereocenters. The Morgan fingerprint density at radius 3 is 2.63 bits per heavy atom. The van der Waals surface area contributed by atoms with E-state index in [2.05, 4.69) is 10.3 Å². The van der Waals surface area contributed by atoms with E-state index in [4.69, 9.17) is 9.47 Å². The van der Waals surface area contributed by atoms with Crippen molar-refractivity contribution in [2.24, 2.45) is 0 Å². The maximum Gasteiger partial charge on any atom is 0.213 e. The molecule has 0 aliphatic carbocycles. The van der Waals surface area contributed by atoms with Crippen LogP contribution in [0.4, 0.5) is 5.69 Å². The largest absolute Gasteiger partial charge is 0.504 e. The molecule has 0 spiro atoms. The minimum Gasteiger partial charge on any atom is -0.504 e. The van der Waals surface area contributed by atoms with Gasteiger partial charge in [-0.1, -0.05) is 12.1 Å². The summed E-state index contributed by atoms with van der Waals surface area (Å²) in [5.41, 5.74) is 1.61. The Labute approximate surface area is 111 Å². The number of methoxy groups -OCH3 is 2. The van der Waals surface area contributed by atoms with Gasteiger partial charge in [-0.25, -0.2) is 4.98 Å². The Morgan fingerprint density at radius 1 is 1.16 bits per heavy atom. The smallest absolute Gasteiger partial charge is 0.213 e. The van der Waals surface area contributed by atoms with E-state index in [9.17, 15) is 5.11 Å². The molecule has 0 bridgehead atoms. The van der Waals surface area contributed by atoms with Crippen molar-refractivity contribution in [1.29, 1.82) is 0 Å². The van der Waals surface area contributed by atoms with E-state index in [0.29, 0.717) is 18.2 Å². The standard InChI is InChI=1S/C14H16N2O3/c1-18-12-5-3-4-10(14(12)17)8-15-11-6-7-13(19-2)16-9-11/h3-7,9,15,17H,8H2,1-2H3. The molecule has 2 rings (SSSR count). The lowest BCUT2D eigenvalue weighted by molar-refractivity contribution is 0.371. The maximum atomic E-state index is 9.95. The number of aromatic hydroxyl groups is 1. The van der Waals surface area contributed by atoms with E-state index in [1.165, 1.54) is 7.11 Å². The minimum absolute atomic E-state index is 0.152. The second-order valence-electron chi connectivity index (χ2n) is 3.91. The molecular formula is C14H16N2O3. The number of aromatic nitrogens is 1. The van der Waals surface area contributed by atoms with Crippen LogP contribution < -0.4 is 14.8 Å². The zero-order chi connectivity index (χ0) is 13.7. The average molecular weight is 260 g/mol. The third-order valence-electron chi connectivity index (χ3n) is 2.73. The summed E-state index contributed by atoms with van der Waals surface area (Å²) in [4.78, 5) is 4.09. The van der Waals surface area contributed by atoms with Gasteiger partial charge < -0.3 is 19.9 Å². The van der Waals surface area contributed by atoms with Crippen LogP contribution in [-0.2, 0) is 6.54 Å². The zero-order valence-electron chi connectivity index (χ0n) is 10.9. The summed E-state index contributed by atoms with van der Waals surface area (Å²) in [6.45, 7) is 0.483. The van der Waals surface area contributed by atoms with E-state index >= 15 is 0 Å². The first-order chi connectivity index (χ1) is 9.24. The SMILES string of the molecule is COc1ccc(NCc2cccc(OC)c2O)cn1. The zero-order valence-corrected chi connectivity index (χ0v) is 10.9. The fraction of sp³-hybridized carbons (Fsp3) is 0.214. The van der Waals surface area contributed by atoms with E-state index < -0.39 is 0 Å². The molecule has 0 saturated carbocycles. The van der Waals surface area contributed by atoms with Gasteiger partial charge in [0.1, 0.15) is 0 Å². The number of nitrogens with zero attached hydrogens (tertiary/aromatic N) is 1. The molecule has 5 heteroatoms. The molecule has 1 heterocycles. The van der Waals surface area contributed by atoms with Gasteiger partial charge in [0.05, 0.1) is 26.1 Å². The van der Waals surface area contributed by atoms with Crippen LogP contribution in [0.3, 0.4) is 0 Å². The second-order valence-corrected chi connectivity index (χ2v) is 3.91. The second kappa shape index (κ2) is 5.95. The van der Waals surface area contributed by atoms with Gasteiger partial charge in [-0.2, -0.15) is 0 Å². The lowest BCUT2D eigenvalue weighted by Crippen LogP contribution is -2.01. The lowest BCUT2D eigenvalue weighted by atomic mass is 10.2. The molecule has 19 heavy (non-hydrogen) atoms. The molecule has 2 N–H and O–H groups in total. The van der Waals surface area contributed by atoms with Crippen LogP contribution in [0.2, 0.25) is 0 Å². The van der Waals surface area contributed by atoms with Gasteiger partial charge in [0.25, 0.3) is 0 Å². The van der Waals surface area contributed by atoms with E-state index in [1.807, 2.05) is 18.2 Å². The third-order valence-corrected chi connectivity index (χ3v) is 2.73. The number of phenolic OH excluding ortho intramolecular Hbond substituents is 1. The van der Waals surface area contributed by atoms with Crippen LogP contribution in [0, 0.1) is 0 Å². The number of phenols is 1. The quantitative estimate of drug-likeness (QED) is 0.864. The summed E-state index contributed by atoms with van der Waals surface area (Å²) in [5.74, 6) is 1.18. The highest BCUT2D eigenvalue weighted by Gasteiger charge is 2.06. The first-order valence-corrected chi connectivity index (χ1v) is 5.83. The number of anilines is 1. The Morgan fingerprint density at radius 2 is 2.00 bits per heavy atom. The molecule has 0 amide bonds. The number of ether oxygens (including phenoxy) is 2. The predicted octanol–water partition coefficient (Wildman–Crippen LogP) is 2.42. The molecule has 100 valence electrons. The van der Waals surface area contributed by atoms with E-state index in [-0.39, 0.29) is 5.75 Å². The van der Waals surface area contributed by atoms with Gasteiger partial charge in [0.15, 0.2) is 11.5 Å². The molecule has 1 aromatic carbocycles. The summed E-state index contributed by atoms with van der Waals surface area (Å²) in [5, 5.41) is 13.1. The number of para-hydroxylation sites is 1. The fourth-order valence-corrected chi connectivity index (χ4v) is 1.68. The van der Waals surface area contributed by atoms with Gasteiger partial charge in [-0.05, 0) is 12.1 Å². The van der Waals surface area contributed by atoms with E-state index in [0.717, 1.165) is 11.3 Å². The van der Waals surface area contributed by atoms with Gasteiger partial charge >= 0.3 is 0 Å². The van der Waals surface area contributed by atoms with Crippen LogP contribution in [0.15, 0.2) is 36.5 Å². The van der Waals surface area contributed by atoms with Crippen LogP contribution in [0.5, 0.6) is 17.4 Å². The van der Waals surface area contributed by atoms with Crippen LogP contribution >= 0.6 is 0 Å². The number of hydrogen-bond donors (Lipinski definition) is 2. The lowest BCUT2D eigenvalue weighted by Gasteiger charge is -2.10. The van der Waals surface area contributed by atoms with Gasteiger partial charge in [0, 0.05) is 18.2 Å². The summed E-state index contributed by atoms with van der Waals surface area (Å²) >= 11 is 0. The predicted molar refractivity (Wildman–Crippen MR) is 72.8 cm³/mol. The molecule has 2 aromatic rings. The minimum atomic E-state index is 0.152. The number of rotatable bonds is 5. The van der Waals surface area contributed by atoms with Crippen LogP contribution in [0.1, 0.15) is 5.56 Å². The maximum absolute atomic E-state index is 9.95. The topological polar surface area (TPSA) is 63.6 Å². The van der Waals surface area contributed by atoms with Gasteiger partial charge in [-0.3, -0.25) is 0 Å². The first-order valence-electron chi connectivity index (χ1n) is 5.83. The molecular weight excluding hydrogens is 244 g/mol. The van der Waals surface area contributed by atoms with Crippen molar-refractivity contribution in [2.75, 3.05) is 19.5 Å². The molecule has 0 aliphatic rings. The molecule has 0 radical (unpaired) electrons. The van der Waals surface area contributed by atoms with Crippen molar-refractivity contribution in [3.8, 4) is 17.4 Å². The number of nitrogens with one attached hydrogen (secondary N) is 1. The average Bonchev–Trinajstić information content (AvgIpc) is 2.47. The molecule has 0 fully saturated rings. The number of hydrogen-bond acceptors (Lipinski definition) is 5. The Balaban J connectivity index is 2.05. The van der Waals surface area contributed by atoms with Gasteiger partial charge in [-0.15, -0.1) is 0 Å². The molecule has 1 aromatic heterocycles. The van der Waals surface area contributed by atoms with Crippen molar-refractivity contribution in [3.63, 3.8) is 0 Å². The van der Waals surface area contributed by atoms with Gasteiger partial charge in [0.2, 0.25) is 5.88 Å². The van der Waals surface area contributed by atoms with Crippen molar-refractivity contribution >= 4 is 5.69 Å². The fourth-order valence-electron chi connectivity index (χ4n) is 1.68. The summed E-state index contributed by atoms with van der Waals surface area (Å²) in [7, 11) is 3.10. The van der Waals surface area contributed by atoms with Crippen molar-refractivity contribution in [1.82, 2.24) is 4.98 Å². The van der Waals surface area contributed by atoms with Crippen molar-refractivity contribution in [2.45, 2.75) is 6.54 Å².